The molecular formula is C29H35F3N6O4S. The highest BCUT2D eigenvalue weighted by Crippen LogP contribution is 2.43. The minimum Gasteiger partial charge on any atom is -0.481 e. The van der Waals surface area contributed by atoms with E-state index in [9.17, 15) is 19.1 Å². The molecule has 5 rings (SSSR count). The number of carbonyl (C=O) groups is 2. The molecule has 14 heteroatoms. The number of pyridine rings is 1. The molecular weight excluding hydrogens is 585 g/mol. The third-order valence-electron chi connectivity index (χ3n) is 8.39. The number of halogens is 3. The average Bonchev–Trinajstić information content (AvgIpc) is 3.66. The van der Waals surface area contributed by atoms with E-state index in [-0.39, 0.29) is 31.7 Å². The van der Waals surface area contributed by atoms with E-state index in [1.807, 2.05) is 0 Å². The number of ether oxygens (including phenoxy) is 1. The highest BCUT2D eigenvalue weighted by Gasteiger charge is 2.59. The molecule has 10 nitrogen and oxygen atoms in total. The van der Waals surface area contributed by atoms with E-state index in [1.165, 1.54) is 23.5 Å². The molecule has 3 unspecified atom stereocenters. The summed E-state index contributed by atoms with van der Waals surface area (Å²) in [6.45, 7) is 6.64. The van der Waals surface area contributed by atoms with Crippen LogP contribution in [-0.2, 0) is 14.3 Å². The summed E-state index contributed by atoms with van der Waals surface area (Å²) in [7, 11) is 0. The van der Waals surface area contributed by atoms with Crippen molar-refractivity contribution in [2.24, 2.45) is 10.4 Å². The Morgan fingerprint density at radius 3 is 2.70 bits per heavy atom. The van der Waals surface area contributed by atoms with Crippen LogP contribution in [0.15, 0.2) is 40.0 Å². The van der Waals surface area contributed by atoms with Gasteiger partial charge in [-0.25, -0.2) is 23.5 Å². The van der Waals surface area contributed by atoms with Gasteiger partial charge >= 0.3 is 11.9 Å². The van der Waals surface area contributed by atoms with Crippen molar-refractivity contribution in [3.05, 3.63) is 57.2 Å². The van der Waals surface area contributed by atoms with Crippen LogP contribution in [0.2, 0.25) is 0 Å². The first-order valence-electron chi connectivity index (χ1n) is 14.2. The van der Waals surface area contributed by atoms with E-state index in [0.717, 1.165) is 0 Å². The number of hydrogen-bond acceptors (Lipinski definition) is 10. The first-order chi connectivity index (χ1) is 20.3. The number of nitrogens with one attached hydrogen (secondary N) is 1. The van der Waals surface area contributed by atoms with Crippen molar-refractivity contribution in [1.29, 1.82) is 0 Å². The molecule has 2 aromatic heterocycles. The van der Waals surface area contributed by atoms with Crippen LogP contribution in [0.3, 0.4) is 0 Å². The molecule has 232 valence electrons. The molecule has 0 spiro atoms. The number of carboxylic acids is 1. The number of hydrogen-bond donors (Lipinski definition) is 2. The van der Waals surface area contributed by atoms with Crippen molar-refractivity contribution < 1.29 is 32.6 Å². The van der Waals surface area contributed by atoms with Crippen LogP contribution in [-0.4, -0.2) is 93.4 Å². The highest BCUT2D eigenvalue weighted by atomic mass is 32.1. The number of aliphatic carboxylic acids is 1. The summed E-state index contributed by atoms with van der Waals surface area (Å²) in [6.07, 6.45) is 2.31. The lowest BCUT2D eigenvalue weighted by molar-refractivity contribution is -0.147. The molecule has 0 saturated carbocycles. The highest BCUT2D eigenvalue weighted by molar-refractivity contribution is 7.11. The number of carbonyl (C=O) groups excluding carboxylic acids is 1. The molecule has 3 aliphatic rings. The lowest BCUT2D eigenvalue weighted by Gasteiger charge is -2.31. The number of fused-ring (bicyclic) bond motifs is 1. The van der Waals surface area contributed by atoms with E-state index in [2.05, 4.69) is 15.3 Å². The lowest BCUT2D eigenvalue weighted by atomic mass is 9.89. The van der Waals surface area contributed by atoms with Gasteiger partial charge in [-0.2, -0.15) is 4.39 Å². The maximum Gasteiger partial charge on any atom is 0.338 e. The Morgan fingerprint density at radius 1 is 1.28 bits per heavy atom. The fourth-order valence-electron chi connectivity index (χ4n) is 6.08. The van der Waals surface area contributed by atoms with E-state index >= 15 is 8.78 Å². The van der Waals surface area contributed by atoms with Crippen molar-refractivity contribution in [1.82, 2.24) is 25.1 Å². The molecule has 3 atom stereocenters. The smallest absolute Gasteiger partial charge is 0.338 e. The van der Waals surface area contributed by atoms with Gasteiger partial charge in [0.1, 0.15) is 6.04 Å². The van der Waals surface area contributed by atoms with Gasteiger partial charge in [-0.3, -0.25) is 19.6 Å². The largest absolute Gasteiger partial charge is 0.481 e. The van der Waals surface area contributed by atoms with E-state index < -0.39 is 53.9 Å². The molecule has 0 bridgehead atoms. The van der Waals surface area contributed by atoms with Crippen LogP contribution in [0.25, 0.3) is 0 Å². The Balaban J connectivity index is 1.50. The third-order valence-corrected chi connectivity index (χ3v) is 9.17. The number of aliphatic imine (C=N–C) groups is 1. The maximum atomic E-state index is 15.6. The molecule has 2 fully saturated rings. The molecule has 5 heterocycles. The number of esters is 1. The molecule has 0 aliphatic carbocycles. The monoisotopic (exact) mass is 620 g/mol. The zero-order valence-corrected chi connectivity index (χ0v) is 25.3. The first kappa shape index (κ1) is 31.1. The first-order valence-corrected chi connectivity index (χ1v) is 15.1. The number of aromatic nitrogens is 2. The zero-order valence-electron chi connectivity index (χ0n) is 24.4. The van der Waals surface area contributed by atoms with Gasteiger partial charge in [0.05, 0.1) is 30.2 Å². The van der Waals surface area contributed by atoms with Crippen molar-refractivity contribution in [2.45, 2.75) is 64.6 Å². The fraction of sp³-hybridized carbons (Fsp3) is 0.552. The van der Waals surface area contributed by atoms with Gasteiger partial charge in [0.15, 0.2) is 10.8 Å². The molecule has 0 amide bonds. The molecule has 0 radical (unpaired) electrons. The van der Waals surface area contributed by atoms with Gasteiger partial charge in [-0.1, -0.05) is 6.07 Å². The topological polar surface area (TPSA) is 120 Å². The summed E-state index contributed by atoms with van der Waals surface area (Å²) in [4.78, 5) is 41.5. The number of rotatable bonds is 10. The quantitative estimate of drug-likeness (QED) is 0.302. The van der Waals surface area contributed by atoms with E-state index in [1.54, 1.807) is 49.1 Å². The Morgan fingerprint density at radius 2 is 2.05 bits per heavy atom. The molecule has 3 aliphatic heterocycles. The van der Waals surface area contributed by atoms with Crippen LogP contribution < -0.4 is 5.32 Å². The number of aryl methyl sites for hydroxylation is 1. The second-order valence-corrected chi connectivity index (χ2v) is 12.6. The molecule has 43 heavy (non-hydrogen) atoms. The standard InChI is InChI=1S/C29H35F3N6O4S/c1-5-42-26(39)21-18(35-24(25-33-10-13-43-25)36-22(21)17-6-7-20(30)34-16(17)2)14-38-15-29(31,32)23-19(38)8-11-37(23)12-9-28(3,4)27(40)41/h6-7,10,13,19,22-23H,5,8-9,11-12,14-15H2,1-4H3,(H,35,36)(H,40,41). The summed E-state index contributed by atoms with van der Waals surface area (Å²) >= 11 is 1.32. The minimum absolute atomic E-state index is 0.0199. The molecule has 0 aromatic carbocycles. The summed E-state index contributed by atoms with van der Waals surface area (Å²) < 4.78 is 50.6. The summed E-state index contributed by atoms with van der Waals surface area (Å²) in [5, 5.41) is 15.0. The van der Waals surface area contributed by atoms with Crippen LogP contribution in [0.1, 0.15) is 55.9 Å². The SMILES string of the molecule is CCOC(=O)C1=C(CN2CC(F)(F)C3C2CCN3CCC(C)(C)C(=O)O)NC(c2nccs2)=NC1c1ccc(F)nc1C. The Hall–Kier alpha value is -3.36. The van der Waals surface area contributed by atoms with Crippen LogP contribution in [0.5, 0.6) is 0 Å². The van der Waals surface area contributed by atoms with Crippen molar-refractivity contribution in [3.63, 3.8) is 0 Å². The van der Waals surface area contributed by atoms with Gasteiger partial charge in [-0.15, -0.1) is 11.3 Å². The van der Waals surface area contributed by atoms with Gasteiger partial charge < -0.3 is 15.2 Å². The van der Waals surface area contributed by atoms with E-state index in [0.29, 0.717) is 40.8 Å². The third kappa shape index (κ3) is 6.18. The number of likely N-dealkylation sites (tertiary alicyclic amines) is 2. The molecule has 2 saturated heterocycles. The van der Waals surface area contributed by atoms with Gasteiger partial charge in [0.25, 0.3) is 5.92 Å². The maximum absolute atomic E-state index is 15.6. The van der Waals surface area contributed by atoms with Crippen molar-refractivity contribution in [3.8, 4) is 0 Å². The predicted octanol–water partition coefficient (Wildman–Crippen LogP) is 3.79. The predicted molar refractivity (Wildman–Crippen MR) is 153 cm³/mol. The second-order valence-electron chi connectivity index (χ2n) is 11.7. The van der Waals surface area contributed by atoms with Crippen LogP contribution >= 0.6 is 11.3 Å². The second kappa shape index (κ2) is 12.0. The Bertz CT molecular complexity index is 1450. The number of thiazole rings is 1. The van der Waals surface area contributed by atoms with E-state index in [4.69, 9.17) is 9.73 Å². The minimum atomic E-state index is -3.06. The normalized spacial score (nSPS) is 24.1. The molecule has 2 aromatic rings. The Kier molecular flexibility index (Phi) is 8.65. The Labute approximate surface area is 251 Å². The summed E-state index contributed by atoms with van der Waals surface area (Å²) in [5.74, 6) is -5.00. The van der Waals surface area contributed by atoms with Crippen molar-refractivity contribution >= 4 is 29.1 Å². The van der Waals surface area contributed by atoms with Crippen LogP contribution in [0.4, 0.5) is 13.2 Å². The summed E-state index contributed by atoms with van der Waals surface area (Å²) in [6, 6.07) is 0.172. The number of alkyl halides is 2. The number of amidine groups is 1. The number of nitrogens with zero attached hydrogens (tertiary/aromatic N) is 5. The average molecular weight is 621 g/mol. The van der Waals surface area contributed by atoms with Crippen molar-refractivity contribution in [2.75, 3.05) is 32.8 Å². The molecule has 2 N–H and O–H groups in total. The summed E-state index contributed by atoms with van der Waals surface area (Å²) in [5.41, 5.74) is 0.275. The van der Waals surface area contributed by atoms with Crippen LogP contribution in [0, 0.1) is 18.3 Å². The zero-order chi connectivity index (χ0) is 31.1. The van der Waals surface area contributed by atoms with Gasteiger partial charge in [-0.05, 0) is 53.1 Å². The fourth-order valence-corrected chi connectivity index (χ4v) is 6.67. The number of carboxylic acid groups (broad SMARTS) is 1. The lowest BCUT2D eigenvalue weighted by Crippen LogP contribution is -2.46. The van der Waals surface area contributed by atoms with Gasteiger partial charge in [0, 0.05) is 47.7 Å². The van der Waals surface area contributed by atoms with Gasteiger partial charge in [0.2, 0.25) is 5.95 Å².